The van der Waals surface area contributed by atoms with Crippen molar-refractivity contribution in [2.24, 2.45) is 0 Å². The molecule has 0 bridgehead atoms. The van der Waals surface area contributed by atoms with E-state index in [2.05, 4.69) is 4.72 Å². The molecule has 1 rings (SSSR count). The lowest BCUT2D eigenvalue weighted by Gasteiger charge is -2.12. The summed E-state index contributed by atoms with van der Waals surface area (Å²) in [6.07, 6.45) is 1.47. The van der Waals surface area contributed by atoms with Crippen LogP contribution in [0.1, 0.15) is 25.5 Å². The Labute approximate surface area is 119 Å². The van der Waals surface area contributed by atoms with Crippen molar-refractivity contribution in [3.63, 3.8) is 0 Å². The number of aromatic nitrogens is 1. The zero-order chi connectivity index (χ0) is 15.2. The van der Waals surface area contributed by atoms with Crippen molar-refractivity contribution >= 4 is 10.0 Å². The first kappa shape index (κ1) is 16.7. The minimum Gasteiger partial charge on any atom is -0.496 e. The maximum absolute atomic E-state index is 11.9. The van der Waals surface area contributed by atoms with Crippen molar-refractivity contribution in [1.82, 2.24) is 9.29 Å². The van der Waals surface area contributed by atoms with Crippen LogP contribution >= 0.6 is 0 Å². The molecular weight excluding hydrogens is 280 g/mol. The van der Waals surface area contributed by atoms with Gasteiger partial charge in [-0.05, 0) is 19.4 Å². The quantitative estimate of drug-likeness (QED) is 0.773. The first-order chi connectivity index (χ1) is 9.39. The van der Waals surface area contributed by atoms with Crippen molar-refractivity contribution < 1.29 is 13.2 Å². The van der Waals surface area contributed by atoms with Gasteiger partial charge in [-0.25, -0.2) is 13.1 Å². The van der Waals surface area contributed by atoms with E-state index in [4.69, 9.17) is 4.74 Å². The summed E-state index contributed by atoms with van der Waals surface area (Å²) in [6, 6.07) is 3.13. The second kappa shape index (κ2) is 7.44. The number of pyridine rings is 1. The van der Waals surface area contributed by atoms with Crippen LogP contribution in [0.3, 0.4) is 0 Å². The summed E-state index contributed by atoms with van der Waals surface area (Å²) in [4.78, 5) is 11.9. The van der Waals surface area contributed by atoms with E-state index in [1.165, 1.54) is 17.7 Å². The van der Waals surface area contributed by atoms with Crippen LogP contribution < -0.4 is 15.0 Å². The highest BCUT2D eigenvalue weighted by Gasteiger charge is 2.09. The second-order valence-electron chi connectivity index (χ2n) is 4.59. The third kappa shape index (κ3) is 4.97. The number of unbranched alkanes of at least 4 members (excludes halogenated alkanes) is 1. The number of ether oxygens (including phenoxy) is 1. The SMILES string of the molecule is CCCCS(=O)(=O)NCCn1c(C)cc(OC)cc1=O. The van der Waals surface area contributed by atoms with Gasteiger partial charge in [-0.1, -0.05) is 13.3 Å². The van der Waals surface area contributed by atoms with Crippen LogP contribution in [0.5, 0.6) is 5.75 Å². The van der Waals surface area contributed by atoms with E-state index in [0.29, 0.717) is 18.7 Å². The number of rotatable bonds is 8. The van der Waals surface area contributed by atoms with Crippen molar-refractivity contribution in [2.75, 3.05) is 19.4 Å². The lowest BCUT2D eigenvalue weighted by Crippen LogP contribution is -2.32. The smallest absolute Gasteiger partial charge is 0.254 e. The molecular formula is C13H22N2O4S. The predicted octanol–water partition coefficient (Wildman–Crippen LogP) is 0.885. The third-order valence-corrected chi connectivity index (χ3v) is 4.44. The fourth-order valence-electron chi connectivity index (χ4n) is 1.82. The number of sulfonamides is 1. The maximum Gasteiger partial charge on any atom is 0.254 e. The van der Waals surface area contributed by atoms with Crippen molar-refractivity contribution in [2.45, 2.75) is 33.2 Å². The van der Waals surface area contributed by atoms with Crippen LogP contribution in [-0.2, 0) is 16.6 Å². The molecule has 20 heavy (non-hydrogen) atoms. The third-order valence-electron chi connectivity index (χ3n) is 2.97. The standard InChI is InChI=1S/C13H22N2O4S/c1-4-5-8-20(17,18)14-6-7-15-11(2)9-12(19-3)10-13(15)16/h9-10,14H,4-8H2,1-3H3. The fourth-order valence-corrected chi connectivity index (χ4v) is 3.04. The maximum atomic E-state index is 11.9. The number of hydrogen-bond donors (Lipinski definition) is 1. The second-order valence-corrected chi connectivity index (χ2v) is 6.52. The van der Waals surface area contributed by atoms with Crippen LogP contribution in [-0.4, -0.2) is 32.4 Å². The number of nitrogens with zero attached hydrogens (tertiary/aromatic N) is 1. The monoisotopic (exact) mass is 302 g/mol. The van der Waals surface area contributed by atoms with E-state index < -0.39 is 10.0 Å². The molecule has 0 fully saturated rings. The summed E-state index contributed by atoms with van der Waals surface area (Å²) in [5, 5.41) is 0. The summed E-state index contributed by atoms with van der Waals surface area (Å²) in [5.74, 6) is 0.632. The van der Waals surface area contributed by atoms with Crippen LogP contribution in [0.15, 0.2) is 16.9 Å². The van der Waals surface area contributed by atoms with Gasteiger partial charge >= 0.3 is 0 Å². The number of aryl methyl sites for hydroxylation is 1. The minimum absolute atomic E-state index is 0.125. The largest absolute Gasteiger partial charge is 0.496 e. The predicted molar refractivity (Wildman–Crippen MR) is 78.7 cm³/mol. The van der Waals surface area contributed by atoms with Gasteiger partial charge < -0.3 is 9.30 Å². The van der Waals surface area contributed by atoms with E-state index >= 15 is 0 Å². The van der Waals surface area contributed by atoms with Gasteiger partial charge in [0, 0.05) is 24.8 Å². The molecule has 1 heterocycles. The molecule has 7 heteroatoms. The Hall–Kier alpha value is -1.34. The highest BCUT2D eigenvalue weighted by atomic mass is 32.2. The highest BCUT2D eigenvalue weighted by molar-refractivity contribution is 7.89. The van der Waals surface area contributed by atoms with Gasteiger partial charge in [0.1, 0.15) is 5.75 Å². The molecule has 0 saturated heterocycles. The molecule has 0 aliphatic carbocycles. The van der Waals surface area contributed by atoms with Gasteiger partial charge in [0.2, 0.25) is 10.0 Å². The van der Waals surface area contributed by atoms with Gasteiger partial charge in [0.05, 0.1) is 12.9 Å². The minimum atomic E-state index is -3.24. The topological polar surface area (TPSA) is 77.4 Å². The summed E-state index contributed by atoms with van der Waals surface area (Å²) < 4.78 is 32.3. The van der Waals surface area contributed by atoms with Gasteiger partial charge in [-0.2, -0.15) is 0 Å². The summed E-state index contributed by atoms with van der Waals surface area (Å²) in [5.41, 5.74) is 0.539. The molecule has 1 aromatic rings. The molecule has 1 N–H and O–H groups in total. The first-order valence-electron chi connectivity index (χ1n) is 6.62. The van der Waals surface area contributed by atoms with Gasteiger partial charge in [-0.15, -0.1) is 0 Å². The number of hydrogen-bond acceptors (Lipinski definition) is 4. The molecule has 114 valence electrons. The van der Waals surface area contributed by atoms with E-state index in [9.17, 15) is 13.2 Å². The Morgan fingerprint density at radius 2 is 2.05 bits per heavy atom. The molecule has 0 spiro atoms. The Kier molecular flexibility index (Phi) is 6.22. The zero-order valence-electron chi connectivity index (χ0n) is 12.2. The summed E-state index contributed by atoms with van der Waals surface area (Å²) in [7, 11) is -1.74. The Balaban J connectivity index is 2.65. The van der Waals surface area contributed by atoms with E-state index in [0.717, 1.165) is 12.1 Å². The van der Waals surface area contributed by atoms with Gasteiger partial charge in [0.15, 0.2) is 0 Å². The molecule has 1 aromatic heterocycles. The van der Waals surface area contributed by atoms with Crippen molar-refractivity contribution in [3.8, 4) is 5.75 Å². The van der Waals surface area contributed by atoms with Crippen LogP contribution in [0.2, 0.25) is 0 Å². The molecule has 0 saturated carbocycles. The zero-order valence-corrected chi connectivity index (χ0v) is 13.0. The lowest BCUT2D eigenvalue weighted by molar-refractivity contribution is 0.411. The van der Waals surface area contributed by atoms with E-state index in [-0.39, 0.29) is 17.9 Å². The van der Waals surface area contributed by atoms with Crippen LogP contribution in [0.25, 0.3) is 0 Å². The van der Waals surface area contributed by atoms with E-state index in [1.807, 2.05) is 6.92 Å². The molecule has 0 aliphatic heterocycles. The fraction of sp³-hybridized carbons (Fsp3) is 0.615. The van der Waals surface area contributed by atoms with E-state index in [1.54, 1.807) is 13.0 Å². The molecule has 0 aliphatic rings. The highest BCUT2D eigenvalue weighted by Crippen LogP contribution is 2.08. The van der Waals surface area contributed by atoms with Crippen LogP contribution in [0.4, 0.5) is 0 Å². The van der Waals surface area contributed by atoms with Crippen molar-refractivity contribution in [3.05, 3.63) is 28.2 Å². The average molecular weight is 302 g/mol. The Morgan fingerprint density at radius 1 is 1.35 bits per heavy atom. The number of nitrogens with one attached hydrogen (secondary N) is 1. The molecule has 6 nitrogen and oxygen atoms in total. The number of methoxy groups -OCH3 is 1. The van der Waals surface area contributed by atoms with Crippen LogP contribution in [0, 0.1) is 6.92 Å². The molecule has 0 amide bonds. The Morgan fingerprint density at radius 3 is 2.60 bits per heavy atom. The molecule has 0 aromatic carbocycles. The Bertz CT molecular complexity index is 593. The van der Waals surface area contributed by atoms with Gasteiger partial charge in [0.25, 0.3) is 5.56 Å². The molecule has 0 radical (unpaired) electrons. The van der Waals surface area contributed by atoms with Gasteiger partial charge in [-0.3, -0.25) is 4.79 Å². The van der Waals surface area contributed by atoms with Crippen molar-refractivity contribution in [1.29, 1.82) is 0 Å². The first-order valence-corrected chi connectivity index (χ1v) is 8.27. The summed E-state index contributed by atoms with van der Waals surface area (Å²) >= 11 is 0. The normalized spacial score (nSPS) is 11.6. The molecule has 0 atom stereocenters. The lowest BCUT2D eigenvalue weighted by atomic mass is 10.3. The average Bonchev–Trinajstić information content (AvgIpc) is 2.39. The molecule has 0 unspecified atom stereocenters. The summed E-state index contributed by atoms with van der Waals surface area (Å²) in [6.45, 7) is 4.24.